The predicted molar refractivity (Wildman–Crippen MR) is 95.3 cm³/mol. The Kier molecular flexibility index (Phi) is 5.28. The van der Waals surface area contributed by atoms with Gasteiger partial charge in [-0.05, 0) is 37.5 Å². The molecule has 1 N–H and O–H groups in total. The molecule has 0 bridgehead atoms. The van der Waals surface area contributed by atoms with Crippen LogP contribution in [0.15, 0.2) is 49.2 Å². The van der Waals surface area contributed by atoms with Crippen LogP contribution < -0.4 is 0 Å². The number of aliphatic hydroxyl groups is 1. The van der Waals surface area contributed by atoms with E-state index < -0.39 is 23.2 Å². The molecular weight excluding hydrogens is 350 g/mol. The van der Waals surface area contributed by atoms with Crippen molar-refractivity contribution < 1.29 is 13.9 Å². The molecular formula is C20H18F2N4O. The van der Waals surface area contributed by atoms with Gasteiger partial charge < -0.3 is 5.11 Å². The van der Waals surface area contributed by atoms with Crippen molar-refractivity contribution in [1.29, 1.82) is 0 Å². The minimum Gasteiger partial charge on any atom is -0.382 e. The fourth-order valence-corrected chi connectivity index (χ4v) is 2.70. The number of hydrogen-bond acceptors (Lipinski definition) is 4. The second kappa shape index (κ2) is 7.64. The van der Waals surface area contributed by atoms with E-state index >= 15 is 0 Å². The molecule has 2 heterocycles. The molecule has 0 radical (unpaired) electrons. The van der Waals surface area contributed by atoms with Crippen LogP contribution in [0.2, 0.25) is 0 Å². The maximum absolute atomic E-state index is 14.4. The lowest BCUT2D eigenvalue weighted by Crippen LogP contribution is -2.39. The first-order valence-corrected chi connectivity index (χ1v) is 8.33. The summed E-state index contributed by atoms with van der Waals surface area (Å²) in [5, 5.41) is 15.3. The normalized spacial score (nSPS) is 14.1. The molecule has 0 fully saturated rings. The molecule has 0 saturated heterocycles. The van der Waals surface area contributed by atoms with Gasteiger partial charge in [0.05, 0.1) is 12.5 Å². The summed E-state index contributed by atoms with van der Waals surface area (Å²) in [6.07, 6.45) is 4.41. The molecule has 5 nitrogen and oxygen atoms in total. The average Bonchev–Trinajstić information content (AvgIpc) is 3.13. The largest absolute Gasteiger partial charge is 0.382 e. The second-order valence-electron chi connectivity index (χ2n) is 6.35. The van der Waals surface area contributed by atoms with Crippen molar-refractivity contribution in [1.82, 2.24) is 19.7 Å². The van der Waals surface area contributed by atoms with E-state index in [1.807, 2.05) is 13.0 Å². The molecule has 3 rings (SSSR count). The van der Waals surface area contributed by atoms with Crippen LogP contribution in [0.1, 0.15) is 23.7 Å². The topological polar surface area (TPSA) is 63.8 Å². The number of benzene rings is 1. The van der Waals surface area contributed by atoms with E-state index in [0.717, 1.165) is 17.7 Å². The fourth-order valence-electron chi connectivity index (χ4n) is 2.70. The van der Waals surface area contributed by atoms with Gasteiger partial charge in [-0.25, -0.2) is 23.4 Å². The molecule has 0 aliphatic heterocycles. The van der Waals surface area contributed by atoms with E-state index in [2.05, 4.69) is 26.9 Å². The molecule has 0 saturated carbocycles. The standard InChI is InChI=1S/C20H18F2N4O/c1-14-3-6-17(24-10-14)7-4-15(2)20(27,11-26-13-23-12-25-26)18-8-5-16(21)9-19(18)22/h3,5-6,8-10,12-13,15,27H,11H2,1-2H3/t15-,20+/m0/s1. The minimum absolute atomic E-state index is 0.0573. The van der Waals surface area contributed by atoms with Gasteiger partial charge in [-0.1, -0.05) is 18.1 Å². The number of nitrogens with zero attached hydrogens (tertiary/aromatic N) is 4. The van der Waals surface area contributed by atoms with E-state index in [1.54, 1.807) is 19.2 Å². The highest BCUT2D eigenvalue weighted by Crippen LogP contribution is 2.33. The van der Waals surface area contributed by atoms with Crippen molar-refractivity contribution in [2.45, 2.75) is 26.0 Å². The third kappa shape index (κ3) is 4.18. The highest BCUT2D eigenvalue weighted by atomic mass is 19.1. The Balaban J connectivity index is 1.99. The monoisotopic (exact) mass is 368 g/mol. The first-order chi connectivity index (χ1) is 12.9. The van der Waals surface area contributed by atoms with Crippen molar-refractivity contribution in [3.05, 3.63) is 77.6 Å². The zero-order valence-electron chi connectivity index (χ0n) is 14.9. The number of halogens is 2. The molecule has 3 aromatic rings. The number of hydrogen-bond donors (Lipinski definition) is 1. The Bertz CT molecular complexity index is 977. The molecule has 7 heteroatoms. The van der Waals surface area contributed by atoms with Crippen molar-refractivity contribution in [3.63, 3.8) is 0 Å². The third-order valence-corrected chi connectivity index (χ3v) is 4.31. The summed E-state index contributed by atoms with van der Waals surface area (Å²) in [6.45, 7) is 3.49. The zero-order valence-corrected chi connectivity index (χ0v) is 14.9. The van der Waals surface area contributed by atoms with E-state index in [1.165, 1.54) is 23.4 Å². The molecule has 27 heavy (non-hydrogen) atoms. The Morgan fingerprint density at radius 2 is 2.07 bits per heavy atom. The maximum Gasteiger partial charge on any atom is 0.137 e. The van der Waals surface area contributed by atoms with Gasteiger partial charge in [0.1, 0.15) is 35.6 Å². The molecule has 0 unspecified atom stereocenters. The molecule has 2 atom stereocenters. The Hall–Kier alpha value is -3.11. The van der Waals surface area contributed by atoms with Crippen molar-refractivity contribution in [2.75, 3.05) is 0 Å². The van der Waals surface area contributed by atoms with Crippen molar-refractivity contribution >= 4 is 0 Å². The molecule has 0 amide bonds. The van der Waals surface area contributed by atoms with Crippen LogP contribution in [0, 0.1) is 36.3 Å². The van der Waals surface area contributed by atoms with Crippen LogP contribution in [-0.2, 0) is 12.1 Å². The first-order valence-electron chi connectivity index (χ1n) is 8.33. The molecule has 0 aliphatic rings. The summed E-state index contributed by atoms with van der Waals surface area (Å²) in [7, 11) is 0. The Morgan fingerprint density at radius 3 is 2.70 bits per heavy atom. The highest BCUT2D eigenvalue weighted by molar-refractivity contribution is 5.33. The summed E-state index contributed by atoms with van der Waals surface area (Å²) in [5.74, 6) is 3.55. The van der Waals surface area contributed by atoms with E-state index in [-0.39, 0.29) is 12.1 Å². The summed E-state index contributed by atoms with van der Waals surface area (Å²) in [5.41, 5.74) is -0.263. The first kappa shape index (κ1) is 18.7. The van der Waals surface area contributed by atoms with Gasteiger partial charge >= 0.3 is 0 Å². The number of rotatable bonds is 4. The van der Waals surface area contributed by atoms with E-state index in [9.17, 15) is 13.9 Å². The average molecular weight is 368 g/mol. The number of aromatic nitrogens is 4. The predicted octanol–water partition coefficient (Wildman–Crippen LogP) is 2.84. The molecule has 1 aromatic carbocycles. The van der Waals surface area contributed by atoms with Gasteiger partial charge in [0.2, 0.25) is 0 Å². The van der Waals surface area contributed by atoms with Crippen LogP contribution in [0.5, 0.6) is 0 Å². The van der Waals surface area contributed by atoms with Crippen LogP contribution in [0.3, 0.4) is 0 Å². The third-order valence-electron chi connectivity index (χ3n) is 4.31. The van der Waals surface area contributed by atoms with E-state index in [4.69, 9.17) is 0 Å². The molecule has 0 aliphatic carbocycles. The second-order valence-corrected chi connectivity index (χ2v) is 6.35. The molecule has 0 spiro atoms. The van der Waals surface area contributed by atoms with Crippen molar-refractivity contribution in [3.8, 4) is 11.8 Å². The summed E-state index contributed by atoms with van der Waals surface area (Å²) in [4.78, 5) is 8.04. The SMILES string of the molecule is Cc1ccc(C#C[C@H](C)[C@](O)(Cn2cncn2)c2ccc(F)cc2F)nc1. The van der Waals surface area contributed by atoms with Crippen LogP contribution in [0.4, 0.5) is 8.78 Å². The smallest absolute Gasteiger partial charge is 0.137 e. The highest BCUT2D eigenvalue weighted by Gasteiger charge is 2.38. The Morgan fingerprint density at radius 1 is 1.26 bits per heavy atom. The van der Waals surface area contributed by atoms with Gasteiger partial charge in [-0.15, -0.1) is 0 Å². The van der Waals surface area contributed by atoms with Crippen LogP contribution >= 0.6 is 0 Å². The zero-order chi connectivity index (χ0) is 19.4. The van der Waals surface area contributed by atoms with Crippen LogP contribution in [-0.4, -0.2) is 24.9 Å². The Labute approximate surface area is 155 Å². The summed E-state index contributed by atoms with van der Waals surface area (Å²) < 4.78 is 29.1. The van der Waals surface area contributed by atoms with Crippen LogP contribution in [0.25, 0.3) is 0 Å². The maximum atomic E-state index is 14.4. The summed E-state index contributed by atoms with van der Waals surface area (Å²) >= 11 is 0. The van der Waals surface area contributed by atoms with Gasteiger partial charge in [-0.3, -0.25) is 0 Å². The molecule has 2 aromatic heterocycles. The number of pyridine rings is 1. The quantitative estimate of drug-likeness (QED) is 0.720. The molecule has 138 valence electrons. The lowest BCUT2D eigenvalue weighted by molar-refractivity contribution is -0.0191. The van der Waals surface area contributed by atoms with Gasteiger partial charge in [0.15, 0.2) is 0 Å². The van der Waals surface area contributed by atoms with E-state index in [0.29, 0.717) is 5.69 Å². The van der Waals surface area contributed by atoms with Gasteiger partial charge in [0, 0.05) is 17.8 Å². The lowest BCUT2D eigenvalue weighted by atomic mass is 9.82. The van der Waals surface area contributed by atoms with Gasteiger partial charge in [-0.2, -0.15) is 5.10 Å². The summed E-state index contributed by atoms with van der Waals surface area (Å²) in [6, 6.07) is 6.71. The minimum atomic E-state index is -1.75. The fraction of sp³-hybridized carbons (Fsp3) is 0.250. The number of aryl methyl sites for hydroxylation is 1. The lowest BCUT2D eigenvalue weighted by Gasteiger charge is -2.32. The van der Waals surface area contributed by atoms with Gasteiger partial charge in [0.25, 0.3) is 0 Å². The van der Waals surface area contributed by atoms with Crippen molar-refractivity contribution in [2.24, 2.45) is 5.92 Å².